The van der Waals surface area contributed by atoms with Gasteiger partial charge in [-0.05, 0) is 25.7 Å². The standard InChI is InChI=1S/C10H16O3/c1-13-8(11)9(6-7-9)10(12)4-2-3-5-10/h12H,2-7H2,1H3. The van der Waals surface area contributed by atoms with E-state index in [4.69, 9.17) is 4.74 Å². The van der Waals surface area contributed by atoms with Gasteiger partial charge in [-0.1, -0.05) is 12.8 Å². The second-order valence-corrected chi connectivity index (χ2v) is 4.31. The van der Waals surface area contributed by atoms with E-state index >= 15 is 0 Å². The van der Waals surface area contributed by atoms with Gasteiger partial charge in [0.1, 0.15) is 0 Å². The van der Waals surface area contributed by atoms with Gasteiger partial charge in [0.05, 0.1) is 18.1 Å². The van der Waals surface area contributed by atoms with Crippen molar-refractivity contribution in [2.45, 2.75) is 44.1 Å². The molecule has 0 aromatic carbocycles. The number of carbonyl (C=O) groups is 1. The van der Waals surface area contributed by atoms with Crippen LogP contribution in [0.4, 0.5) is 0 Å². The molecule has 2 aliphatic rings. The Kier molecular flexibility index (Phi) is 1.88. The van der Waals surface area contributed by atoms with Crippen LogP contribution in [-0.2, 0) is 9.53 Å². The molecule has 1 N–H and O–H groups in total. The number of ether oxygens (including phenoxy) is 1. The molecule has 0 radical (unpaired) electrons. The number of carbonyl (C=O) groups excluding carboxylic acids is 1. The Morgan fingerprint density at radius 3 is 2.15 bits per heavy atom. The van der Waals surface area contributed by atoms with Gasteiger partial charge in [0.2, 0.25) is 0 Å². The molecule has 2 fully saturated rings. The van der Waals surface area contributed by atoms with Crippen molar-refractivity contribution in [2.75, 3.05) is 7.11 Å². The van der Waals surface area contributed by atoms with E-state index in [1.165, 1.54) is 7.11 Å². The average molecular weight is 184 g/mol. The lowest BCUT2D eigenvalue weighted by molar-refractivity contribution is -0.159. The highest BCUT2D eigenvalue weighted by molar-refractivity contribution is 5.81. The minimum atomic E-state index is -0.750. The van der Waals surface area contributed by atoms with Gasteiger partial charge in [-0.2, -0.15) is 0 Å². The fourth-order valence-corrected chi connectivity index (χ4v) is 2.62. The van der Waals surface area contributed by atoms with Crippen LogP contribution in [0.15, 0.2) is 0 Å². The van der Waals surface area contributed by atoms with Crippen molar-refractivity contribution in [3.8, 4) is 0 Å². The lowest BCUT2D eigenvalue weighted by Crippen LogP contribution is -2.42. The summed E-state index contributed by atoms with van der Waals surface area (Å²) in [5.41, 5.74) is -1.28. The molecule has 3 heteroatoms. The van der Waals surface area contributed by atoms with Crippen LogP contribution in [0.5, 0.6) is 0 Å². The molecule has 0 spiro atoms. The second-order valence-electron chi connectivity index (χ2n) is 4.31. The molecule has 2 aliphatic carbocycles. The highest BCUT2D eigenvalue weighted by atomic mass is 16.5. The Morgan fingerprint density at radius 1 is 1.23 bits per heavy atom. The number of rotatable bonds is 2. The predicted octanol–water partition coefficient (Wildman–Crippen LogP) is 1.24. The van der Waals surface area contributed by atoms with E-state index < -0.39 is 11.0 Å². The molecule has 74 valence electrons. The molecule has 2 rings (SSSR count). The maximum Gasteiger partial charge on any atom is 0.314 e. The van der Waals surface area contributed by atoms with E-state index in [9.17, 15) is 9.90 Å². The van der Waals surface area contributed by atoms with Crippen LogP contribution in [-0.4, -0.2) is 23.8 Å². The van der Waals surface area contributed by atoms with Crippen molar-refractivity contribution in [1.29, 1.82) is 0 Å². The Labute approximate surface area is 78.1 Å². The molecule has 0 aromatic rings. The van der Waals surface area contributed by atoms with E-state index in [-0.39, 0.29) is 5.97 Å². The molecule has 0 heterocycles. The molecule has 0 unspecified atom stereocenters. The summed E-state index contributed by atoms with van der Waals surface area (Å²) < 4.78 is 4.76. The van der Waals surface area contributed by atoms with Crippen LogP contribution in [0.1, 0.15) is 38.5 Å². The molecular formula is C10H16O3. The van der Waals surface area contributed by atoms with Crippen LogP contribution in [0.2, 0.25) is 0 Å². The van der Waals surface area contributed by atoms with Crippen molar-refractivity contribution in [1.82, 2.24) is 0 Å². The number of hydrogen-bond acceptors (Lipinski definition) is 3. The SMILES string of the molecule is COC(=O)C1(C2(O)CCCC2)CC1. The smallest absolute Gasteiger partial charge is 0.314 e. The minimum Gasteiger partial charge on any atom is -0.469 e. The number of hydrogen-bond donors (Lipinski definition) is 1. The summed E-state index contributed by atoms with van der Waals surface area (Å²) in [5.74, 6) is -0.211. The van der Waals surface area contributed by atoms with Gasteiger partial charge in [0.15, 0.2) is 0 Å². The molecule has 0 saturated heterocycles. The zero-order valence-corrected chi connectivity index (χ0v) is 8.01. The number of aliphatic hydroxyl groups is 1. The summed E-state index contributed by atoms with van der Waals surface area (Å²) in [4.78, 5) is 11.5. The van der Waals surface area contributed by atoms with Gasteiger partial charge in [-0.25, -0.2) is 0 Å². The summed E-state index contributed by atoms with van der Waals surface area (Å²) in [6.45, 7) is 0. The van der Waals surface area contributed by atoms with Gasteiger partial charge in [0, 0.05) is 0 Å². The third-order valence-corrected chi connectivity index (χ3v) is 3.65. The van der Waals surface area contributed by atoms with Gasteiger partial charge >= 0.3 is 5.97 Å². The van der Waals surface area contributed by atoms with Crippen LogP contribution in [0.3, 0.4) is 0 Å². The Bertz CT molecular complexity index is 224. The highest BCUT2D eigenvalue weighted by Crippen LogP contribution is 2.60. The lowest BCUT2D eigenvalue weighted by Gasteiger charge is -2.30. The quantitative estimate of drug-likeness (QED) is 0.657. The van der Waals surface area contributed by atoms with E-state index in [1.807, 2.05) is 0 Å². The highest BCUT2D eigenvalue weighted by Gasteiger charge is 2.65. The van der Waals surface area contributed by atoms with Crippen molar-refractivity contribution in [3.63, 3.8) is 0 Å². The molecule has 2 saturated carbocycles. The van der Waals surface area contributed by atoms with E-state index in [0.717, 1.165) is 38.5 Å². The topological polar surface area (TPSA) is 46.5 Å². The van der Waals surface area contributed by atoms with Gasteiger partial charge < -0.3 is 9.84 Å². The van der Waals surface area contributed by atoms with Crippen LogP contribution in [0.25, 0.3) is 0 Å². The monoisotopic (exact) mass is 184 g/mol. The Balaban J connectivity index is 2.18. The molecule has 0 bridgehead atoms. The zero-order chi connectivity index (χ0) is 9.53. The second kappa shape index (κ2) is 2.71. The maximum absolute atomic E-state index is 11.5. The van der Waals surface area contributed by atoms with E-state index in [0.29, 0.717) is 0 Å². The fourth-order valence-electron chi connectivity index (χ4n) is 2.62. The van der Waals surface area contributed by atoms with Crippen LogP contribution < -0.4 is 0 Å². The normalized spacial score (nSPS) is 28.5. The molecular weight excluding hydrogens is 168 g/mol. The summed E-state index contributed by atoms with van der Waals surface area (Å²) >= 11 is 0. The molecule has 0 amide bonds. The third kappa shape index (κ3) is 1.10. The van der Waals surface area contributed by atoms with Crippen molar-refractivity contribution < 1.29 is 14.6 Å². The molecule has 3 nitrogen and oxygen atoms in total. The first-order valence-corrected chi connectivity index (χ1v) is 4.95. The molecule has 13 heavy (non-hydrogen) atoms. The summed E-state index contributed by atoms with van der Waals surface area (Å²) in [7, 11) is 1.40. The summed E-state index contributed by atoms with van der Waals surface area (Å²) in [6.07, 6.45) is 5.21. The van der Waals surface area contributed by atoms with Crippen LogP contribution in [0, 0.1) is 5.41 Å². The number of esters is 1. The fraction of sp³-hybridized carbons (Fsp3) is 0.900. The van der Waals surface area contributed by atoms with E-state index in [2.05, 4.69) is 0 Å². The predicted molar refractivity (Wildman–Crippen MR) is 47.1 cm³/mol. The van der Waals surface area contributed by atoms with Gasteiger partial charge in [0.25, 0.3) is 0 Å². The van der Waals surface area contributed by atoms with Gasteiger partial charge in [-0.15, -0.1) is 0 Å². The summed E-state index contributed by atoms with van der Waals surface area (Å²) in [5, 5.41) is 10.3. The van der Waals surface area contributed by atoms with Crippen molar-refractivity contribution >= 4 is 5.97 Å². The average Bonchev–Trinajstić information content (AvgIpc) is 2.85. The number of methoxy groups -OCH3 is 1. The first-order valence-electron chi connectivity index (χ1n) is 4.95. The largest absolute Gasteiger partial charge is 0.469 e. The van der Waals surface area contributed by atoms with Gasteiger partial charge in [-0.3, -0.25) is 4.79 Å². The summed E-state index contributed by atoms with van der Waals surface area (Å²) in [6, 6.07) is 0. The third-order valence-electron chi connectivity index (χ3n) is 3.65. The Morgan fingerprint density at radius 2 is 1.77 bits per heavy atom. The first-order chi connectivity index (χ1) is 6.15. The first kappa shape index (κ1) is 9.00. The molecule has 0 aromatic heterocycles. The molecule has 0 aliphatic heterocycles. The molecule has 0 atom stereocenters. The lowest BCUT2D eigenvalue weighted by atomic mass is 9.82. The maximum atomic E-state index is 11.5. The zero-order valence-electron chi connectivity index (χ0n) is 8.01. The van der Waals surface area contributed by atoms with Crippen LogP contribution >= 0.6 is 0 Å². The minimum absolute atomic E-state index is 0.211. The van der Waals surface area contributed by atoms with E-state index in [1.54, 1.807) is 0 Å². The van der Waals surface area contributed by atoms with Crippen molar-refractivity contribution in [3.05, 3.63) is 0 Å². The Hall–Kier alpha value is -0.570. The van der Waals surface area contributed by atoms with Crippen molar-refractivity contribution in [2.24, 2.45) is 5.41 Å².